The summed E-state index contributed by atoms with van der Waals surface area (Å²) >= 11 is 0. The zero-order valence-electron chi connectivity index (χ0n) is 21.2. The smallest absolute Gasteiger partial charge is 0.408 e. The number of nitrogens with zero attached hydrogens (tertiary/aromatic N) is 1. The van der Waals surface area contributed by atoms with Gasteiger partial charge < -0.3 is 30.0 Å². The van der Waals surface area contributed by atoms with Crippen LogP contribution < -0.4 is 11.1 Å². The Labute approximate surface area is 222 Å². The van der Waals surface area contributed by atoms with Crippen LogP contribution in [0, 0.1) is 5.92 Å². The van der Waals surface area contributed by atoms with E-state index >= 15 is 0 Å². The molecule has 204 valence electrons. The van der Waals surface area contributed by atoms with Crippen molar-refractivity contribution in [3.8, 4) is 0 Å². The lowest BCUT2D eigenvalue weighted by Gasteiger charge is -2.40. The molecule has 4 aliphatic rings. The van der Waals surface area contributed by atoms with Crippen molar-refractivity contribution in [2.24, 2.45) is 5.92 Å². The first-order valence-electron chi connectivity index (χ1n) is 13.0. The van der Waals surface area contributed by atoms with Crippen molar-refractivity contribution in [1.29, 1.82) is 0 Å². The highest BCUT2D eigenvalue weighted by Crippen LogP contribution is 2.55. The third-order valence-electron chi connectivity index (χ3n) is 8.10. The lowest BCUT2D eigenvalue weighted by molar-refractivity contribution is -0.0907. The lowest BCUT2D eigenvalue weighted by atomic mass is 9.99. The fourth-order valence-corrected chi connectivity index (χ4v) is 7.56. The van der Waals surface area contributed by atoms with Gasteiger partial charge in [-0.25, -0.2) is 13.2 Å². The average Bonchev–Trinajstić information content (AvgIpc) is 3.23. The van der Waals surface area contributed by atoms with Gasteiger partial charge in [-0.05, 0) is 49.6 Å². The Morgan fingerprint density at radius 3 is 2.63 bits per heavy atom. The van der Waals surface area contributed by atoms with Crippen LogP contribution in [0.15, 0.2) is 59.5 Å². The Balaban J connectivity index is 1.24. The number of carbonyl (C=O) groups excluding carboxylic acids is 1. The number of amides is 1. The van der Waals surface area contributed by atoms with Crippen molar-refractivity contribution in [2.45, 2.75) is 60.7 Å². The first-order valence-corrected chi connectivity index (χ1v) is 14.5. The molecule has 2 aromatic rings. The molecule has 0 bridgehead atoms. The first kappa shape index (κ1) is 25.6. The summed E-state index contributed by atoms with van der Waals surface area (Å²) in [6, 6.07) is 16.1. The molecule has 10 nitrogen and oxygen atoms in total. The van der Waals surface area contributed by atoms with E-state index in [0.717, 1.165) is 12.0 Å². The van der Waals surface area contributed by atoms with E-state index in [9.17, 15) is 13.2 Å². The second kappa shape index (κ2) is 9.80. The molecule has 5 unspecified atom stereocenters. The van der Waals surface area contributed by atoms with E-state index in [2.05, 4.69) is 5.32 Å². The highest BCUT2D eigenvalue weighted by molar-refractivity contribution is 7.89. The molecular formula is C27H33N3O7S. The van der Waals surface area contributed by atoms with Crippen LogP contribution in [0.5, 0.6) is 0 Å². The number of hydrogen-bond acceptors (Lipinski definition) is 8. The fraction of sp³-hybridized carbons (Fsp3) is 0.519. The molecule has 0 spiro atoms. The standard InChI is InChI=1S/C27H33N3O7S/c1-17-14-30(38(32,33)20-9-7-19(28)8-10-20)15-24(36-17)27(13-22(27)18-5-3-2-4-6-18)29-26(31)37-23-16-35-25-21(23)11-12-34-25/h2-10,17,21-25H,11-16,28H2,1H3,(H,29,31)/t17?,21?,22?,23?,24-,25-,27?/m1/s1. The molecule has 0 aromatic heterocycles. The number of nitrogen functional groups attached to an aromatic ring is 1. The summed E-state index contributed by atoms with van der Waals surface area (Å²) in [5, 5.41) is 3.11. The minimum Gasteiger partial charge on any atom is -0.443 e. The van der Waals surface area contributed by atoms with Crippen molar-refractivity contribution < 1.29 is 32.2 Å². The van der Waals surface area contributed by atoms with Crippen molar-refractivity contribution in [3.05, 3.63) is 60.2 Å². The van der Waals surface area contributed by atoms with Crippen LogP contribution in [0.1, 0.15) is 31.2 Å². The number of nitrogens with two attached hydrogens (primary N) is 1. The molecule has 3 heterocycles. The minimum atomic E-state index is -3.79. The van der Waals surface area contributed by atoms with Crippen molar-refractivity contribution in [3.63, 3.8) is 0 Å². The molecule has 1 saturated carbocycles. The maximum atomic E-state index is 13.5. The summed E-state index contributed by atoms with van der Waals surface area (Å²) in [4.78, 5) is 13.4. The molecule has 7 atom stereocenters. The Hall–Kier alpha value is -2.70. The Morgan fingerprint density at radius 2 is 1.87 bits per heavy atom. The summed E-state index contributed by atoms with van der Waals surface area (Å²) in [7, 11) is -3.79. The van der Waals surface area contributed by atoms with Crippen LogP contribution in [0.2, 0.25) is 0 Å². The summed E-state index contributed by atoms with van der Waals surface area (Å²) in [5.41, 5.74) is 6.50. The van der Waals surface area contributed by atoms with Crippen molar-refractivity contribution >= 4 is 21.8 Å². The van der Waals surface area contributed by atoms with Gasteiger partial charge >= 0.3 is 6.09 Å². The highest BCUT2D eigenvalue weighted by Gasteiger charge is 2.63. The zero-order chi connectivity index (χ0) is 26.5. The second-order valence-electron chi connectivity index (χ2n) is 10.6. The Kier molecular flexibility index (Phi) is 6.59. The number of morpholine rings is 1. The second-order valence-corrected chi connectivity index (χ2v) is 12.6. The molecule has 1 aliphatic carbocycles. The number of nitrogens with one attached hydrogen (secondary N) is 1. The van der Waals surface area contributed by atoms with Gasteiger partial charge in [-0.2, -0.15) is 4.31 Å². The maximum absolute atomic E-state index is 13.5. The van der Waals surface area contributed by atoms with Gasteiger partial charge in [0.25, 0.3) is 0 Å². The summed E-state index contributed by atoms with van der Waals surface area (Å²) in [6.45, 7) is 3.04. The molecule has 3 aliphatic heterocycles. The van der Waals surface area contributed by atoms with Gasteiger partial charge in [-0.1, -0.05) is 30.3 Å². The number of sulfonamides is 1. The predicted molar refractivity (Wildman–Crippen MR) is 138 cm³/mol. The van der Waals surface area contributed by atoms with E-state index in [-0.39, 0.29) is 48.3 Å². The van der Waals surface area contributed by atoms with E-state index in [4.69, 9.17) is 24.7 Å². The number of ether oxygens (including phenoxy) is 4. The van der Waals surface area contributed by atoms with Crippen LogP contribution in [0.4, 0.5) is 10.5 Å². The molecule has 6 rings (SSSR count). The van der Waals surface area contributed by atoms with Crippen LogP contribution in [-0.2, 0) is 29.0 Å². The molecule has 38 heavy (non-hydrogen) atoms. The van der Waals surface area contributed by atoms with Gasteiger partial charge in [0.05, 0.1) is 41.8 Å². The van der Waals surface area contributed by atoms with Crippen LogP contribution in [0.25, 0.3) is 0 Å². The number of alkyl carbamates (subject to hydrolysis) is 1. The van der Waals surface area contributed by atoms with Crippen molar-refractivity contribution in [1.82, 2.24) is 9.62 Å². The molecule has 3 saturated heterocycles. The van der Waals surface area contributed by atoms with Gasteiger partial charge in [0.2, 0.25) is 10.0 Å². The van der Waals surface area contributed by atoms with E-state index in [0.29, 0.717) is 25.3 Å². The summed E-state index contributed by atoms with van der Waals surface area (Å²) < 4.78 is 51.9. The number of rotatable bonds is 6. The maximum Gasteiger partial charge on any atom is 0.408 e. The molecule has 1 amide bonds. The minimum absolute atomic E-state index is 0.0207. The van der Waals surface area contributed by atoms with Crippen LogP contribution in [-0.4, -0.2) is 75.3 Å². The van der Waals surface area contributed by atoms with E-state index < -0.39 is 27.8 Å². The Morgan fingerprint density at radius 1 is 1.11 bits per heavy atom. The molecule has 11 heteroatoms. The number of hydrogen-bond donors (Lipinski definition) is 2. The first-order chi connectivity index (χ1) is 18.3. The normalized spacial score (nSPS) is 35.0. The number of carbonyl (C=O) groups is 1. The third-order valence-corrected chi connectivity index (χ3v) is 9.95. The lowest BCUT2D eigenvalue weighted by Crippen LogP contribution is -2.59. The Bertz CT molecular complexity index is 1280. The van der Waals surface area contributed by atoms with E-state index in [1.807, 2.05) is 37.3 Å². The SMILES string of the molecule is CC1CN(S(=O)(=O)c2ccc(N)cc2)C[C@H](C2(NC(=O)OC3CO[C@H]4OCCC34)CC2c2ccccc2)O1. The van der Waals surface area contributed by atoms with Crippen molar-refractivity contribution in [2.75, 3.05) is 32.0 Å². The quantitative estimate of drug-likeness (QED) is 0.532. The van der Waals surface area contributed by atoms with Gasteiger partial charge in [0.15, 0.2) is 6.29 Å². The summed E-state index contributed by atoms with van der Waals surface area (Å²) in [5.74, 6) is -0.0256. The summed E-state index contributed by atoms with van der Waals surface area (Å²) in [6.07, 6.45) is -0.827. The highest BCUT2D eigenvalue weighted by atomic mass is 32.2. The molecule has 3 N–H and O–H groups in total. The average molecular weight is 544 g/mol. The molecular weight excluding hydrogens is 510 g/mol. The zero-order valence-corrected chi connectivity index (χ0v) is 22.0. The predicted octanol–water partition coefficient (Wildman–Crippen LogP) is 2.46. The number of anilines is 1. The van der Waals surface area contributed by atoms with Gasteiger partial charge in [-0.3, -0.25) is 0 Å². The van der Waals surface area contributed by atoms with Crippen LogP contribution >= 0.6 is 0 Å². The van der Waals surface area contributed by atoms with Gasteiger partial charge in [-0.15, -0.1) is 0 Å². The molecule has 2 aromatic carbocycles. The molecule has 4 fully saturated rings. The van der Waals surface area contributed by atoms with Gasteiger partial charge in [0.1, 0.15) is 6.10 Å². The monoisotopic (exact) mass is 543 g/mol. The third kappa shape index (κ3) is 4.66. The topological polar surface area (TPSA) is 129 Å². The van der Waals surface area contributed by atoms with E-state index in [1.54, 1.807) is 12.1 Å². The largest absolute Gasteiger partial charge is 0.443 e. The molecule has 0 radical (unpaired) electrons. The number of benzene rings is 2. The fourth-order valence-electron chi connectivity index (χ4n) is 6.04. The van der Waals surface area contributed by atoms with Crippen LogP contribution in [0.3, 0.4) is 0 Å². The number of fused-ring (bicyclic) bond motifs is 1. The van der Waals surface area contributed by atoms with Gasteiger partial charge in [0, 0.05) is 24.7 Å². The van der Waals surface area contributed by atoms with E-state index in [1.165, 1.54) is 16.4 Å².